The molecule has 0 bridgehead atoms. The van der Waals surface area contributed by atoms with Crippen molar-refractivity contribution in [2.24, 2.45) is 0 Å². The highest BCUT2D eigenvalue weighted by Crippen LogP contribution is 2.34. The van der Waals surface area contributed by atoms with E-state index in [1.54, 1.807) is 13.2 Å². The Bertz CT molecular complexity index is 636. The van der Waals surface area contributed by atoms with Crippen LogP contribution in [0.3, 0.4) is 0 Å². The van der Waals surface area contributed by atoms with E-state index in [9.17, 15) is 4.39 Å². The van der Waals surface area contributed by atoms with Crippen LogP contribution in [0.5, 0.6) is 5.75 Å². The number of nitrogens with one attached hydrogen (secondary N) is 1. The molecule has 0 aliphatic heterocycles. The van der Waals surface area contributed by atoms with Crippen molar-refractivity contribution in [3.63, 3.8) is 0 Å². The summed E-state index contributed by atoms with van der Waals surface area (Å²) >= 11 is 9.52. The highest BCUT2D eigenvalue weighted by atomic mass is 79.9. The maximum Gasteiger partial charge on any atom is 0.137 e. The first kappa shape index (κ1) is 16.3. The number of methoxy groups -OCH3 is 1. The molecule has 2 aromatic carbocycles. The number of hydrogen-bond acceptors (Lipinski definition) is 2. The van der Waals surface area contributed by atoms with Crippen molar-refractivity contribution in [1.29, 1.82) is 0 Å². The fourth-order valence-corrected chi connectivity index (χ4v) is 2.98. The summed E-state index contributed by atoms with van der Waals surface area (Å²) in [4.78, 5) is 0. The zero-order valence-corrected chi connectivity index (χ0v) is 14.1. The minimum atomic E-state index is -0.282. The Morgan fingerprint density at radius 1 is 1.33 bits per heavy atom. The molecule has 5 heteroatoms. The lowest BCUT2D eigenvalue weighted by Crippen LogP contribution is -2.22. The third-order valence-electron chi connectivity index (χ3n) is 3.21. The molecule has 0 amide bonds. The molecule has 2 nitrogen and oxygen atoms in total. The summed E-state index contributed by atoms with van der Waals surface area (Å²) in [6, 6.07) is 10.4. The molecule has 1 atom stereocenters. The number of benzene rings is 2. The normalized spacial score (nSPS) is 12.2. The van der Waals surface area contributed by atoms with E-state index in [2.05, 4.69) is 21.2 Å². The largest absolute Gasteiger partial charge is 0.495 e. The van der Waals surface area contributed by atoms with Gasteiger partial charge >= 0.3 is 0 Å². The predicted molar refractivity (Wildman–Crippen MR) is 87.6 cm³/mol. The Morgan fingerprint density at radius 3 is 2.71 bits per heavy atom. The zero-order valence-electron chi connectivity index (χ0n) is 11.8. The first-order chi connectivity index (χ1) is 10.1. The lowest BCUT2D eigenvalue weighted by atomic mass is 9.98. The van der Waals surface area contributed by atoms with Crippen LogP contribution in [0.2, 0.25) is 5.02 Å². The average Bonchev–Trinajstić information content (AvgIpc) is 2.48. The Labute approximate surface area is 137 Å². The molecule has 0 heterocycles. The average molecular weight is 373 g/mol. The van der Waals surface area contributed by atoms with Crippen molar-refractivity contribution in [2.75, 3.05) is 13.7 Å². The van der Waals surface area contributed by atoms with Crippen LogP contribution in [-0.4, -0.2) is 13.7 Å². The van der Waals surface area contributed by atoms with Gasteiger partial charge in [0, 0.05) is 0 Å². The van der Waals surface area contributed by atoms with Gasteiger partial charge in [-0.15, -0.1) is 0 Å². The number of halogens is 3. The van der Waals surface area contributed by atoms with Gasteiger partial charge in [0.1, 0.15) is 11.6 Å². The first-order valence-electron chi connectivity index (χ1n) is 6.59. The second-order valence-corrected chi connectivity index (χ2v) is 5.73. The molecule has 21 heavy (non-hydrogen) atoms. The molecule has 1 N–H and O–H groups in total. The SMILES string of the molecule is CCNC(c1ccc(OC)c(Cl)c1)c1cccc(F)c1Br. The molecule has 0 fully saturated rings. The molecule has 0 aromatic heterocycles. The molecule has 0 saturated heterocycles. The molecule has 0 radical (unpaired) electrons. The number of ether oxygens (including phenoxy) is 1. The summed E-state index contributed by atoms with van der Waals surface area (Å²) in [5.41, 5.74) is 1.78. The van der Waals surface area contributed by atoms with Gasteiger partial charge in [0.15, 0.2) is 0 Å². The van der Waals surface area contributed by atoms with Gasteiger partial charge in [0.2, 0.25) is 0 Å². The number of hydrogen-bond donors (Lipinski definition) is 1. The summed E-state index contributed by atoms with van der Waals surface area (Å²) in [6.07, 6.45) is 0. The van der Waals surface area contributed by atoms with Gasteiger partial charge in [-0.3, -0.25) is 0 Å². The molecule has 2 rings (SSSR count). The van der Waals surface area contributed by atoms with Crippen LogP contribution in [-0.2, 0) is 0 Å². The predicted octanol–water partition coefficient (Wildman–Crippen LogP) is 4.95. The van der Waals surface area contributed by atoms with Gasteiger partial charge in [-0.2, -0.15) is 0 Å². The molecule has 0 saturated carbocycles. The fraction of sp³-hybridized carbons (Fsp3) is 0.250. The van der Waals surface area contributed by atoms with Crippen molar-refractivity contribution >= 4 is 27.5 Å². The van der Waals surface area contributed by atoms with E-state index in [0.717, 1.165) is 17.7 Å². The summed E-state index contributed by atoms with van der Waals surface area (Å²) in [5, 5.41) is 3.88. The highest BCUT2D eigenvalue weighted by molar-refractivity contribution is 9.10. The Morgan fingerprint density at radius 2 is 2.10 bits per heavy atom. The maximum absolute atomic E-state index is 13.8. The van der Waals surface area contributed by atoms with E-state index in [-0.39, 0.29) is 11.9 Å². The van der Waals surface area contributed by atoms with Crippen LogP contribution in [0.15, 0.2) is 40.9 Å². The summed E-state index contributed by atoms with van der Waals surface area (Å²) in [7, 11) is 1.58. The monoisotopic (exact) mass is 371 g/mol. The van der Waals surface area contributed by atoms with Crippen LogP contribution in [0.1, 0.15) is 24.1 Å². The zero-order chi connectivity index (χ0) is 15.4. The molecular formula is C16H16BrClFNO. The lowest BCUT2D eigenvalue weighted by molar-refractivity contribution is 0.414. The van der Waals surface area contributed by atoms with E-state index in [1.165, 1.54) is 6.07 Å². The molecule has 0 aliphatic rings. The van der Waals surface area contributed by atoms with Crippen molar-refractivity contribution in [3.05, 3.63) is 62.8 Å². The van der Waals surface area contributed by atoms with Gasteiger partial charge < -0.3 is 10.1 Å². The standard InChI is InChI=1S/C16H16BrClFNO/c1-3-20-16(11-5-4-6-13(19)15(11)17)10-7-8-14(21-2)12(18)9-10/h4-9,16,20H,3H2,1-2H3. The van der Waals surface area contributed by atoms with Crippen LogP contribution in [0.25, 0.3) is 0 Å². The topological polar surface area (TPSA) is 21.3 Å². The van der Waals surface area contributed by atoms with Gasteiger partial charge in [-0.05, 0) is 51.8 Å². The molecular weight excluding hydrogens is 357 g/mol. The minimum Gasteiger partial charge on any atom is -0.495 e. The van der Waals surface area contributed by atoms with E-state index in [4.69, 9.17) is 16.3 Å². The van der Waals surface area contributed by atoms with Gasteiger partial charge in [-0.25, -0.2) is 4.39 Å². The van der Waals surface area contributed by atoms with Gasteiger partial charge in [0.25, 0.3) is 0 Å². The third kappa shape index (κ3) is 3.57. The summed E-state index contributed by atoms with van der Waals surface area (Å²) < 4.78 is 19.4. The van der Waals surface area contributed by atoms with E-state index < -0.39 is 0 Å². The number of rotatable bonds is 5. The summed E-state index contributed by atoms with van der Waals surface area (Å²) in [5.74, 6) is 0.337. The van der Waals surface area contributed by atoms with E-state index in [1.807, 2.05) is 31.2 Å². The Balaban J connectivity index is 2.48. The van der Waals surface area contributed by atoms with Crippen molar-refractivity contribution in [3.8, 4) is 5.75 Å². The minimum absolute atomic E-state index is 0.150. The van der Waals surface area contributed by atoms with Crippen molar-refractivity contribution in [2.45, 2.75) is 13.0 Å². The summed E-state index contributed by atoms with van der Waals surface area (Å²) in [6.45, 7) is 2.75. The molecule has 0 spiro atoms. The fourth-order valence-electron chi connectivity index (χ4n) is 2.22. The van der Waals surface area contributed by atoms with Crippen LogP contribution >= 0.6 is 27.5 Å². The van der Waals surface area contributed by atoms with Crippen molar-refractivity contribution < 1.29 is 9.13 Å². The molecule has 1 unspecified atom stereocenters. The van der Waals surface area contributed by atoms with E-state index >= 15 is 0 Å². The van der Waals surface area contributed by atoms with Gasteiger partial charge in [-0.1, -0.05) is 36.7 Å². The lowest BCUT2D eigenvalue weighted by Gasteiger charge is -2.21. The van der Waals surface area contributed by atoms with E-state index in [0.29, 0.717) is 15.2 Å². The molecule has 112 valence electrons. The van der Waals surface area contributed by atoms with Crippen molar-refractivity contribution in [1.82, 2.24) is 5.32 Å². The van der Waals surface area contributed by atoms with Crippen LogP contribution < -0.4 is 10.1 Å². The third-order valence-corrected chi connectivity index (χ3v) is 4.34. The highest BCUT2D eigenvalue weighted by Gasteiger charge is 2.18. The second kappa shape index (κ2) is 7.25. The van der Waals surface area contributed by atoms with Crippen LogP contribution in [0, 0.1) is 5.82 Å². The quantitative estimate of drug-likeness (QED) is 0.802. The Hall–Kier alpha value is -1.10. The van der Waals surface area contributed by atoms with Gasteiger partial charge in [0.05, 0.1) is 22.6 Å². The first-order valence-corrected chi connectivity index (χ1v) is 7.76. The smallest absolute Gasteiger partial charge is 0.137 e. The molecule has 0 aliphatic carbocycles. The van der Waals surface area contributed by atoms with Crippen LogP contribution in [0.4, 0.5) is 4.39 Å². The molecule has 2 aromatic rings. The maximum atomic E-state index is 13.8. The second-order valence-electron chi connectivity index (χ2n) is 4.53. The Kier molecular flexibility index (Phi) is 5.62.